The lowest BCUT2D eigenvalue weighted by Gasteiger charge is -2.34. The number of carboxylic acids is 1. The van der Waals surface area contributed by atoms with Gasteiger partial charge < -0.3 is 14.7 Å². The highest BCUT2D eigenvalue weighted by molar-refractivity contribution is 5.98. The zero-order valence-electron chi connectivity index (χ0n) is 11.7. The average Bonchev–Trinajstić information content (AvgIpc) is 2.45. The molecule has 5 nitrogen and oxygen atoms in total. The number of benzene rings is 1. The summed E-state index contributed by atoms with van der Waals surface area (Å²) in [7, 11) is 0. The summed E-state index contributed by atoms with van der Waals surface area (Å²) in [6.07, 6.45) is -0.0915. The Bertz CT molecular complexity index is 514. The highest BCUT2D eigenvalue weighted by Gasteiger charge is 2.33. The van der Waals surface area contributed by atoms with E-state index in [-0.39, 0.29) is 5.91 Å². The fourth-order valence-corrected chi connectivity index (χ4v) is 2.59. The molecule has 5 heteroatoms. The maximum Gasteiger partial charge on any atom is 0.311 e. The molecular weight excluding hydrogens is 258 g/mol. The van der Waals surface area contributed by atoms with Gasteiger partial charge in [-0.1, -0.05) is 18.2 Å². The molecule has 0 aliphatic carbocycles. The number of carbonyl (C=O) groups is 2. The predicted octanol–water partition coefficient (Wildman–Crippen LogP) is 2.02. The van der Waals surface area contributed by atoms with Crippen LogP contribution >= 0.6 is 0 Å². The number of hydrogen-bond acceptors (Lipinski definition) is 3. The fraction of sp³-hybridized carbons (Fsp3) is 0.467. The number of ether oxygens (including phenoxy) is 1. The number of rotatable bonds is 4. The summed E-state index contributed by atoms with van der Waals surface area (Å²) in [6.45, 7) is 4.44. The molecule has 1 aromatic carbocycles. The van der Waals surface area contributed by atoms with E-state index in [1.165, 1.54) is 0 Å². The molecule has 0 bridgehead atoms. The summed E-state index contributed by atoms with van der Waals surface area (Å²) in [5.41, 5.74) is 1.38. The van der Waals surface area contributed by atoms with Crippen LogP contribution in [0.1, 0.15) is 31.7 Å². The van der Waals surface area contributed by atoms with Gasteiger partial charge in [-0.15, -0.1) is 0 Å². The summed E-state index contributed by atoms with van der Waals surface area (Å²) in [6, 6.07) is 7.18. The van der Waals surface area contributed by atoms with E-state index in [0.29, 0.717) is 30.8 Å². The second kappa shape index (κ2) is 6.05. The zero-order chi connectivity index (χ0) is 14.7. The predicted molar refractivity (Wildman–Crippen MR) is 74.9 cm³/mol. The van der Waals surface area contributed by atoms with E-state index in [1.54, 1.807) is 30.0 Å². The van der Waals surface area contributed by atoms with Crippen LogP contribution in [-0.4, -0.2) is 36.2 Å². The van der Waals surface area contributed by atoms with Gasteiger partial charge in [0, 0.05) is 18.8 Å². The van der Waals surface area contributed by atoms with Gasteiger partial charge in [0.05, 0.1) is 5.92 Å². The molecule has 0 saturated carbocycles. The van der Waals surface area contributed by atoms with Gasteiger partial charge in [0.2, 0.25) is 0 Å². The van der Waals surface area contributed by atoms with Gasteiger partial charge in [-0.25, -0.2) is 0 Å². The van der Waals surface area contributed by atoms with Gasteiger partial charge in [0.15, 0.2) is 0 Å². The molecule has 108 valence electrons. The standard InChI is InChI=1S/C15H19NO4/c1-3-20-10(2)14(17)16-9-8-12(15(18)19)11-6-4-5-7-13(11)16/h4-7,10,12H,3,8-9H2,1-2H3,(H,18,19). The van der Waals surface area contributed by atoms with Crippen LogP contribution in [0.2, 0.25) is 0 Å². The van der Waals surface area contributed by atoms with Crippen LogP contribution in [0.3, 0.4) is 0 Å². The SMILES string of the molecule is CCOC(C)C(=O)N1CCC(C(=O)O)c2ccccc21. The number of fused-ring (bicyclic) bond motifs is 1. The lowest BCUT2D eigenvalue weighted by molar-refractivity contribution is -0.139. The van der Waals surface area contributed by atoms with Crippen LogP contribution in [0.15, 0.2) is 24.3 Å². The maximum atomic E-state index is 12.4. The number of carbonyl (C=O) groups excluding carboxylic acids is 1. The molecule has 0 aromatic heterocycles. The van der Waals surface area contributed by atoms with E-state index in [1.807, 2.05) is 13.0 Å². The van der Waals surface area contributed by atoms with E-state index in [9.17, 15) is 14.7 Å². The van der Waals surface area contributed by atoms with Gasteiger partial charge in [0.25, 0.3) is 5.91 Å². The summed E-state index contributed by atoms with van der Waals surface area (Å²) in [5, 5.41) is 9.28. The van der Waals surface area contributed by atoms with Crippen LogP contribution < -0.4 is 4.90 Å². The Morgan fingerprint density at radius 3 is 2.80 bits per heavy atom. The molecule has 1 amide bonds. The minimum Gasteiger partial charge on any atom is -0.481 e. The Hall–Kier alpha value is -1.88. The van der Waals surface area contributed by atoms with E-state index in [4.69, 9.17) is 4.74 Å². The number of aliphatic carboxylic acids is 1. The van der Waals surface area contributed by atoms with Crippen molar-refractivity contribution in [2.45, 2.75) is 32.3 Å². The number of amides is 1. The van der Waals surface area contributed by atoms with Crippen molar-refractivity contribution in [1.29, 1.82) is 0 Å². The summed E-state index contributed by atoms with van der Waals surface area (Å²) in [5.74, 6) is -1.51. The maximum absolute atomic E-state index is 12.4. The van der Waals surface area contributed by atoms with Crippen molar-refractivity contribution in [3.63, 3.8) is 0 Å². The molecule has 1 aliphatic heterocycles. The molecular formula is C15H19NO4. The summed E-state index contributed by atoms with van der Waals surface area (Å²) in [4.78, 5) is 25.3. The van der Waals surface area contributed by atoms with Crippen molar-refractivity contribution < 1.29 is 19.4 Å². The van der Waals surface area contributed by atoms with Crippen molar-refractivity contribution in [3.8, 4) is 0 Å². The van der Waals surface area contributed by atoms with Crippen LogP contribution in [0.25, 0.3) is 0 Å². The van der Waals surface area contributed by atoms with Crippen LogP contribution in [0, 0.1) is 0 Å². The van der Waals surface area contributed by atoms with Crippen molar-refractivity contribution in [2.75, 3.05) is 18.1 Å². The van der Waals surface area contributed by atoms with Gasteiger partial charge in [-0.05, 0) is 31.9 Å². The quantitative estimate of drug-likeness (QED) is 0.914. The molecule has 2 rings (SSSR count). The van der Waals surface area contributed by atoms with E-state index in [0.717, 1.165) is 0 Å². The molecule has 20 heavy (non-hydrogen) atoms. The second-order valence-electron chi connectivity index (χ2n) is 4.83. The molecule has 1 heterocycles. The third-order valence-corrected chi connectivity index (χ3v) is 3.57. The lowest BCUT2D eigenvalue weighted by Crippen LogP contribution is -2.43. The number of anilines is 1. The van der Waals surface area contributed by atoms with Gasteiger partial charge in [-0.3, -0.25) is 9.59 Å². The van der Waals surface area contributed by atoms with Gasteiger partial charge >= 0.3 is 5.97 Å². The fourth-order valence-electron chi connectivity index (χ4n) is 2.59. The van der Waals surface area contributed by atoms with Gasteiger partial charge in [0.1, 0.15) is 6.10 Å². The monoisotopic (exact) mass is 277 g/mol. The van der Waals surface area contributed by atoms with Gasteiger partial charge in [-0.2, -0.15) is 0 Å². The molecule has 1 aromatic rings. The van der Waals surface area contributed by atoms with E-state index >= 15 is 0 Å². The largest absolute Gasteiger partial charge is 0.481 e. The highest BCUT2D eigenvalue weighted by Crippen LogP contribution is 2.35. The molecule has 0 radical (unpaired) electrons. The van der Waals surface area contributed by atoms with Crippen molar-refractivity contribution >= 4 is 17.6 Å². The van der Waals surface area contributed by atoms with E-state index in [2.05, 4.69) is 0 Å². The molecule has 2 atom stereocenters. The molecule has 0 spiro atoms. The Kier molecular flexibility index (Phi) is 4.39. The lowest BCUT2D eigenvalue weighted by atomic mass is 9.90. The minimum absolute atomic E-state index is 0.122. The first-order valence-corrected chi connectivity index (χ1v) is 6.81. The Morgan fingerprint density at radius 1 is 1.45 bits per heavy atom. The average molecular weight is 277 g/mol. The summed E-state index contributed by atoms with van der Waals surface area (Å²) < 4.78 is 5.34. The smallest absolute Gasteiger partial charge is 0.311 e. The Labute approximate surface area is 118 Å². The van der Waals surface area contributed by atoms with Crippen LogP contribution in [0.5, 0.6) is 0 Å². The number of hydrogen-bond donors (Lipinski definition) is 1. The van der Waals surface area contributed by atoms with Crippen molar-refractivity contribution in [3.05, 3.63) is 29.8 Å². The third-order valence-electron chi connectivity index (χ3n) is 3.57. The molecule has 2 unspecified atom stereocenters. The first-order chi connectivity index (χ1) is 9.56. The number of nitrogens with zero attached hydrogens (tertiary/aromatic N) is 1. The van der Waals surface area contributed by atoms with Crippen LogP contribution in [0.4, 0.5) is 5.69 Å². The topological polar surface area (TPSA) is 66.8 Å². The Balaban J connectivity index is 2.32. The second-order valence-corrected chi connectivity index (χ2v) is 4.83. The van der Waals surface area contributed by atoms with E-state index < -0.39 is 18.0 Å². The molecule has 1 aliphatic rings. The molecule has 0 fully saturated rings. The third kappa shape index (κ3) is 2.67. The minimum atomic E-state index is -0.845. The summed E-state index contributed by atoms with van der Waals surface area (Å²) >= 11 is 0. The number of carboxylic acid groups (broad SMARTS) is 1. The zero-order valence-corrected chi connectivity index (χ0v) is 11.7. The normalized spacial score (nSPS) is 19.3. The molecule has 1 N–H and O–H groups in total. The van der Waals surface area contributed by atoms with Crippen molar-refractivity contribution in [2.24, 2.45) is 0 Å². The Morgan fingerprint density at radius 2 is 2.15 bits per heavy atom. The first-order valence-electron chi connectivity index (χ1n) is 6.81. The molecule has 0 saturated heterocycles. The highest BCUT2D eigenvalue weighted by atomic mass is 16.5. The van der Waals surface area contributed by atoms with Crippen LogP contribution in [-0.2, 0) is 14.3 Å². The van der Waals surface area contributed by atoms with Crippen molar-refractivity contribution in [1.82, 2.24) is 0 Å². The number of para-hydroxylation sites is 1. The first kappa shape index (κ1) is 14.5.